The van der Waals surface area contributed by atoms with E-state index in [1.54, 1.807) is 0 Å². The number of aliphatic hydroxyl groups excluding tert-OH is 1. The predicted molar refractivity (Wildman–Crippen MR) is 59.2 cm³/mol. The number of β-amino-alcohol motifs (C(OH)–C–C–N with tert-alkyl or cyclic N) is 1. The minimum absolute atomic E-state index is 0.000467. The molecular formula is C10H11BFNO5. The summed E-state index contributed by atoms with van der Waals surface area (Å²) in [7, 11) is -1.79. The van der Waals surface area contributed by atoms with Crippen molar-refractivity contribution in [1.82, 2.24) is 5.06 Å². The molecule has 8 heteroatoms. The number of nitrogens with zero attached hydrogens (tertiary/aromatic N) is 1. The number of carbonyl (C=O) groups excluding carboxylic acids is 1. The van der Waals surface area contributed by atoms with E-state index >= 15 is 0 Å². The molecule has 0 bridgehead atoms. The molecule has 96 valence electrons. The van der Waals surface area contributed by atoms with E-state index in [4.69, 9.17) is 14.9 Å². The smallest absolute Gasteiger partial charge is 0.423 e. The summed E-state index contributed by atoms with van der Waals surface area (Å²) in [6, 6.07) is 3.17. The Labute approximate surface area is 102 Å². The summed E-state index contributed by atoms with van der Waals surface area (Å²) in [5, 5.41) is 28.0. The van der Waals surface area contributed by atoms with E-state index in [0.29, 0.717) is 0 Å². The van der Waals surface area contributed by atoms with Gasteiger partial charge in [0.1, 0.15) is 18.5 Å². The first kappa shape index (κ1) is 13.0. The Kier molecular flexibility index (Phi) is 3.62. The highest BCUT2D eigenvalue weighted by molar-refractivity contribution is 6.58. The fourth-order valence-corrected chi connectivity index (χ4v) is 1.62. The number of hydrogen-bond donors (Lipinski definition) is 3. The molecule has 0 radical (unpaired) electrons. The van der Waals surface area contributed by atoms with Gasteiger partial charge in [0.25, 0.3) is 5.91 Å². The standard InChI is InChI=1S/C10H11BFNO5/c12-9-2-1-6(11(16)17)3-8(9)10(15)13-4-7(14)5-18-13/h1-3,7,14,16-17H,4-5H2/t7-/m0/s1. The topological polar surface area (TPSA) is 90.2 Å². The van der Waals surface area contributed by atoms with Crippen LogP contribution in [-0.2, 0) is 4.84 Å². The van der Waals surface area contributed by atoms with Gasteiger partial charge in [-0.3, -0.25) is 9.63 Å². The van der Waals surface area contributed by atoms with Gasteiger partial charge in [0.2, 0.25) is 0 Å². The second kappa shape index (κ2) is 5.03. The van der Waals surface area contributed by atoms with Gasteiger partial charge in [-0.1, -0.05) is 6.07 Å². The van der Waals surface area contributed by atoms with Crippen LogP contribution in [0.4, 0.5) is 4.39 Å². The summed E-state index contributed by atoms with van der Waals surface area (Å²) in [6.07, 6.45) is -0.802. The minimum atomic E-state index is -1.79. The van der Waals surface area contributed by atoms with Crippen molar-refractivity contribution in [3.63, 3.8) is 0 Å². The molecule has 3 N–H and O–H groups in total. The normalized spacial score (nSPS) is 19.1. The van der Waals surface area contributed by atoms with Crippen molar-refractivity contribution < 1.29 is 29.2 Å². The third-order valence-electron chi connectivity index (χ3n) is 2.54. The Bertz CT molecular complexity index is 470. The van der Waals surface area contributed by atoms with Gasteiger partial charge in [0.05, 0.1) is 12.1 Å². The first-order valence-corrected chi connectivity index (χ1v) is 5.27. The van der Waals surface area contributed by atoms with Crippen LogP contribution in [0.25, 0.3) is 0 Å². The SMILES string of the molecule is O=C(c1cc(B(O)O)ccc1F)N1C[C@H](O)CO1. The summed E-state index contributed by atoms with van der Waals surface area (Å²) >= 11 is 0. The molecule has 1 aromatic rings. The number of rotatable bonds is 2. The maximum atomic E-state index is 13.5. The molecule has 6 nitrogen and oxygen atoms in total. The summed E-state index contributed by atoms with van der Waals surface area (Å²) < 4.78 is 13.5. The van der Waals surface area contributed by atoms with Crippen molar-refractivity contribution in [2.45, 2.75) is 6.10 Å². The Balaban J connectivity index is 2.26. The van der Waals surface area contributed by atoms with Gasteiger partial charge in [-0.05, 0) is 17.6 Å². The zero-order chi connectivity index (χ0) is 13.3. The van der Waals surface area contributed by atoms with Crippen LogP contribution >= 0.6 is 0 Å². The number of hydrogen-bond acceptors (Lipinski definition) is 5. The molecular weight excluding hydrogens is 244 g/mol. The van der Waals surface area contributed by atoms with Crippen LogP contribution in [-0.4, -0.2) is 52.5 Å². The molecule has 1 atom stereocenters. The number of hydroxylamine groups is 2. The van der Waals surface area contributed by atoms with Gasteiger partial charge in [0.15, 0.2) is 0 Å². The zero-order valence-corrected chi connectivity index (χ0v) is 9.28. The summed E-state index contributed by atoms with van der Waals surface area (Å²) in [4.78, 5) is 16.8. The van der Waals surface area contributed by atoms with Crippen LogP contribution in [0.1, 0.15) is 10.4 Å². The molecule has 0 saturated carbocycles. The molecule has 0 unspecified atom stereocenters. The van der Waals surface area contributed by atoms with Gasteiger partial charge >= 0.3 is 7.12 Å². The average Bonchev–Trinajstić information content (AvgIpc) is 2.75. The number of amides is 1. The molecule has 1 amide bonds. The lowest BCUT2D eigenvalue weighted by Gasteiger charge is -2.14. The Hall–Kier alpha value is -1.48. The molecule has 1 heterocycles. The number of benzene rings is 1. The lowest BCUT2D eigenvalue weighted by atomic mass is 9.79. The van der Waals surface area contributed by atoms with E-state index in [9.17, 15) is 14.3 Å². The van der Waals surface area contributed by atoms with Crippen molar-refractivity contribution in [2.75, 3.05) is 13.2 Å². The van der Waals surface area contributed by atoms with E-state index in [1.165, 1.54) is 0 Å². The number of halogens is 1. The van der Waals surface area contributed by atoms with Gasteiger partial charge in [0, 0.05) is 0 Å². The highest BCUT2D eigenvalue weighted by atomic mass is 19.1. The molecule has 1 saturated heterocycles. The largest absolute Gasteiger partial charge is 0.488 e. The van der Waals surface area contributed by atoms with Gasteiger partial charge in [-0.15, -0.1) is 0 Å². The lowest BCUT2D eigenvalue weighted by molar-refractivity contribution is -0.0782. The Morgan fingerprint density at radius 3 is 2.78 bits per heavy atom. The van der Waals surface area contributed by atoms with Crippen LogP contribution in [0, 0.1) is 5.82 Å². The fraction of sp³-hybridized carbons (Fsp3) is 0.300. The van der Waals surface area contributed by atoms with Crippen LogP contribution in [0.15, 0.2) is 18.2 Å². The van der Waals surface area contributed by atoms with Crippen molar-refractivity contribution in [3.8, 4) is 0 Å². The molecule has 18 heavy (non-hydrogen) atoms. The van der Waals surface area contributed by atoms with E-state index in [0.717, 1.165) is 23.3 Å². The Morgan fingerprint density at radius 1 is 1.50 bits per heavy atom. The van der Waals surface area contributed by atoms with Crippen LogP contribution < -0.4 is 5.46 Å². The first-order valence-electron chi connectivity index (χ1n) is 5.27. The quantitative estimate of drug-likeness (QED) is 0.545. The molecule has 1 aliphatic heterocycles. The monoisotopic (exact) mass is 255 g/mol. The van der Waals surface area contributed by atoms with Crippen molar-refractivity contribution in [3.05, 3.63) is 29.6 Å². The number of carbonyl (C=O) groups is 1. The number of aliphatic hydroxyl groups is 1. The first-order chi connectivity index (χ1) is 8.49. The van der Waals surface area contributed by atoms with Crippen LogP contribution in [0.2, 0.25) is 0 Å². The summed E-state index contributed by atoms with van der Waals surface area (Å²) in [5.41, 5.74) is -0.339. The molecule has 0 aliphatic carbocycles. The molecule has 2 rings (SSSR count). The minimum Gasteiger partial charge on any atom is -0.423 e. The lowest BCUT2D eigenvalue weighted by Crippen LogP contribution is -2.34. The second-order valence-electron chi connectivity index (χ2n) is 3.93. The zero-order valence-electron chi connectivity index (χ0n) is 9.28. The van der Waals surface area contributed by atoms with E-state index < -0.39 is 24.9 Å². The maximum absolute atomic E-state index is 13.5. The van der Waals surface area contributed by atoms with E-state index in [-0.39, 0.29) is 24.2 Å². The summed E-state index contributed by atoms with van der Waals surface area (Å²) in [5.74, 6) is -1.57. The molecule has 0 spiro atoms. The second-order valence-corrected chi connectivity index (χ2v) is 3.93. The van der Waals surface area contributed by atoms with Gasteiger partial charge < -0.3 is 15.2 Å². The predicted octanol–water partition coefficient (Wildman–Crippen LogP) is -1.75. The molecule has 1 aliphatic rings. The van der Waals surface area contributed by atoms with Crippen molar-refractivity contribution in [2.24, 2.45) is 0 Å². The van der Waals surface area contributed by atoms with E-state index in [2.05, 4.69) is 0 Å². The fourth-order valence-electron chi connectivity index (χ4n) is 1.62. The van der Waals surface area contributed by atoms with Crippen molar-refractivity contribution >= 4 is 18.5 Å². The Morgan fingerprint density at radius 2 is 2.22 bits per heavy atom. The highest BCUT2D eigenvalue weighted by Crippen LogP contribution is 2.13. The van der Waals surface area contributed by atoms with Crippen LogP contribution in [0.3, 0.4) is 0 Å². The molecule has 1 aromatic carbocycles. The molecule has 1 fully saturated rings. The third-order valence-corrected chi connectivity index (χ3v) is 2.54. The van der Waals surface area contributed by atoms with E-state index in [1.807, 2.05) is 0 Å². The summed E-state index contributed by atoms with van der Waals surface area (Å²) in [6.45, 7) is -0.0835. The third kappa shape index (κ3) is 2.51. The van der Waals surface area contributed by atoms with Gasteiger partial charge in [-0.25, -0.2) is 9.45 Å². The maximum Gasteiger partial charge on any atom is 0.488 e. The highest BCUT2D eigenvalue weighted by Gasteiger charge is 2.29. The molecule has 0 aromatic heterocycles. The average molecular weight is 255 g/mol. The van der Waals surface area contributed by atoms with Crippen LogP contribution in [0.5, 0.6) is 0 Å². The van der Waals surface area contributed by atoms with Gasteiger partial charge in [-0.2, -0.15) is 0 Å². The van der Waals surface area contributed by atoms with Crippen molar-refractivity contribution in [1.29, 1.82) is 0 Å².